The number of nitro groups is 1. The van der Waals surface area contributed by atoms with Crippen LogP contribution in [-0.4, -0.2) is 46.0 Å². The molecule has 0 radical (unpaired) electrons. The number of esters is 1. The molecular weight excluding hydrogens is 470 g/mol. The summed E-state index contributed by atoms with van der Waals surface area (Å²) in [6, 6.07) is 3.91. The van der Waals surface area contributed by atoms with Crippen molar-refractivity contribution in [3.63, 3.8) is 0 Å². The molecule has 1 aromatic carbocycles. The second-order valence-electron chi connectivity index (χ2n) is 7.79. The van der Waals surface area contributed by atoms with Crippen molar-refractivity contribution < 1.29 is 19.2 Å². The molecule has 1 fully saturated rings. The van der Waals surface area contributed by atoms with Crippen molar-refractivity contribution in [2.24, 2.45) is 5.92 Å². The SMILES string of the molecule is CCOC(=O)/C=c1\s/c(=C\c2cc([N+](=O)[O-])ccc2Cl)c(=O)n1CC(=O)N1CCCC(C)C1. The first-order valence-electron chi connectivity index (χ1n) is 10.5. The van der Waals surface area contributed by atoms with E-state index in [1.165, 1.54) is 34.9 Å². The molecule has 0 bridgehead atoms. The highest BCUT2D eigenvalue weighted by Crippen LogP contribution is 2.22. The lowest BCUT2D eigenvalue weighted by Gasteiger charge is -2.31. The first kappa shape index (κ1) is 24.7. The lowest BCUT2D eigenvalue weighted by Crippen LogP contribution is -2.44. The number of halogens is 1. The van der Waals surface area contributed by atoms with E-state index in [1.807, 2.05) is 0 Å². The van der Waals surface area contributed by atoms with Crippen molar-refractivity contribution in [2.75, 3.05) is 19.7 Å². The van der Waals surface area contributed by atoms with Crippen molar-refractivity contribution in [1.29, 1.82) is 0 Å². The van der Waals surface area contributed by atoms with E-state index in [-0.39, 0.29) is 44.5 Å². The molecule has 0 spiro atoms. The molecule has 0 aliphatic carbocycles. The van der Waals surface area contributed by atoms with Crippen LogP contribution >= 0.6 is 22.9 Å². The van der Waals surface area contributed by atoms with Crippen LogP contribution < -0.4 is 14.8 Å². The minimum absolute atomic E-state index is 0.164. The molecule has 1 aliphatic rings. The Bertz CT molecular complexity index is 1250. The van der Waals surface area contributed by atoms with E-state index >= 15 is 0 Å². The second-order valence-corrected chi connectivity index (χ2v) is 9.26. The standard InChI is InChI=1S/C22H24ClN3O6S/c1-3-32-21(28)11-20-25(13-19(27)24-8-4-5-14(2)12-24)22(29)18(33-20)10-15-9-16(26(30)31)6-7-17(15)23/h6-7,9-11,14H,3-5,8,12-13H2,1-2H3/b18-10-,20-11-. The van der Waals surface area contributed by atoms with Gasteiger partial charge in [-0.15, -0.1) is 11.3 Å². The summed E-state index contributed by atoms with van der Waals surface area (Å²) >= 11 is 7.16. The summed E-state index contributed by atoms with van der Waals surface area (Å²) in [5.41, 5.74) is -0.373. The maximum atomic E-state index is 13.2. The summed E-state index contributed by atoms with van der Waals surface area (Å²) in [5, 5.41) is 11.3. The molecule has 176 valence electrons. The van der Waals surface area contributed by atoms with Gasteiger partial charge in [0.25, 0.3) is 11.2 Å². The monoisotopic (exact) mass is 493 g/mol. The van der Waals surface area contributed by atoms with E-state index in [2.05, 4.69) is 6.92 Å². The summed E-state index contributed by atoms with van der Waals surface area (Å²) in [6.45, 7) is 4.93. The van der Waals surface area contributed by atoms with Gasteiger partial charge in [0.1, 0.15) is 11.2 Å². The zero-order valence-electron chi connectivity index (χ0n) is 18.3. The van der Waals surface area contributed by atoms with E-state index in [0.717, 1.165) is 24.2 Å². The van der Waals surface area contributed by atoms with E-state index in [9.17, 15) is 24.5 Å². The molecule has 1 unspecified atom stereocenters. The number of piperidine rings is 1. The Kier molecular flexibility index (Phi) is 8.04. The molecule has 1 amide bonds. The fraction of sp³-hybridized carbons (Fsp3) is 0.409. The molecule has 0 N–H and O–H groups in total. The summed E-state index contributed by atoms with van der Waals surface area (Å²) < 4.78 is 6.64. The number of hydrogen-bond acceptors (Lipinski definition) is 7. The summed E-state index contributed by atoms with van der Waals surface area (Å²) in [4.78, 5) is 50.4. The second kappa shape index (κ2) is 10.8. The predicted molar refractivity (Wildman–Crippen MR) is 126 cm³/mol. The van der Waals surface area contributed by atoms with Crippen LogP contribution in [0.2, 0.25) is 5.02 Å². The van der Waals surface area contributed by atoms with Crippen LogP contribution in [0.3, 0.4) is 0 Å². The van der Waals surface area contributed by atoms with Gasteiger partial charge < -0.3 is 9.64 Å². The number of rotatable bonds is 6. The Hall–Kier alpha value is -2.98. The van der Waals surface area contributed by atoms with Crippen LogP contribution in [0.4, 0.5) is 5.69 Å². The van der Waals surface area contributed by atoms with Gasteiger partial charge in [0.05, 0.1) is 22.1 Å². The maximum Gasteiger partial charge on any atom is 0.333 e. The molecular formula is C22H24ClN3O6S. The van der Waals surface area contributed by atoms with Gasteiger partial charge in [-0.2, -0.15) is 0 Å². The van der Waals surface area contributed by atoms with Crippen LogP contribution in [0.5, 0.6) is 0 Å². The zero-order valence-corrected chi connectivity index (χ0v) is 19.9. The Morgan fingerprint density at radius 3 is 2.82 bits per heavy atom. The number of carbonyl (C=O) groups is 2. The molecule has 1 saturated heterocycles. The number of hydrogen-bond donors (Lipinski definition) is 0. The summed E-state index contributed by atoms with van der Waals surface area (Å²) in [6.07, 6.45) is 4.55. The van der Waals surface area contributed by atoms with Crippen LogP contribution in [0.1, 0.15) is 32.3 Å². The fourth-order valence-corrected chi connectivity index (χ4v) is 4.82. The van der Waals surface area contributed by atoms with Crippen LogP contribution in [0.25, 0.3) is 12.2 Å². The number of thiazole rings is 1. The number of likely N-dealkylation sites (tertiary alicyclic amines) is 1. The van der Waals surface area contributed by atoms with Crippen LogP contribution in [-0.2, 0) is 20.9 Å². The molecule has 1 aromatic heterocycles. The third-order valence-electron chi connectivity index (χ3n) is 5.24. The number of nitro benzene ring substituents is 1. The van der Waals surface area contributed by atoms with Gasteiger partial charge in [-0.1, -0.05) is 18.5 Å². The van der Waals surface area contributed by atoms with Crippen molar-refractivity contribution in [3.8, 4) is 0 Å². The third-order valence-corrected chi connectivity index (χ3v) is 6.65. The molecule has 1 atom stereocenters. The van der Waals surface area contributed by atoms with E-state index in [1.54, 1.807) is 11.8 Å². The summed E-state index contributed by atoms with van der Waals surface area (Å²) in [7, 11) is 0. The average Bonchev–Trinajstić information content (AvgIpc) is 3.04. The van der Waals surface area contributed by atoms with Gasteiger partial charge >= 0.3 is 5.97 Å². The molecule has 11 heteroatoms. The maximum absolute atomic E-state index is 13.2. The van der Waals surface area contributed by atoms with Gasteiger partial charge in [0.15, 0.2) is 0 Å². The zero-order chi connectivity index (χ0) is 24.1. The number of carbonyl (C=O) groups excluding carboxylic acids is 2. The van der Waals surface area contributed by atoms with E-state index < -0.39 is 16.5 Å². The highest BCUT2D eigenvalue weighted by Gasteiger charge is 2.22. The minimum atomic E-state index is -0.633. The van der Waals surface area contributed by atoms with Crippen LogP contribution in [0, 0.1) is 16.0 Å². The van der Waals surface area contributed by atoms with Crippen LogP contribution in [0.15, 0.2) is 23.0 Å². The quantitative estimate of drug-likeness (QED) is 0.345. The van der Waals surface area contributed by atoms with E-state index in [0.29, 0.717) is 19.0 Å². The van der Waals surface area contributed by atoms with Crippen molar-refractivity contribution in [2.45, 2.75) is 33.2 Å². The molecule has 1 aliphatic heterocycles. The Morgan fingerprint density at radius 1 is 1.39 bits per heavy atom. The molecule has 0 saturated carbocycles. The molecule has 3 rings (SSSR count). The predicted octanol–water partition coefficient (Wildman–Crippen LogP) is 1.90. The lowest BCUT2D eigenvalue weighted by molar-refractivity contribution is -0.384. The Balaban J connectivity index is 2.08. The van der Waals surface area contributed by atoms with Crippen molar-refractivity contribution in [1.82, 2.24) is 9.47 Å². The summed E-state index contributed by atoms with van der Waals surface area (Å²) in [5.74, 6) is -0.460. The Labute approximate surface area is 198 Å². The fourth-order valence-electron chi connectivity index (χ4n) is 3.63. The third kappa shape index (κ3) is 6.08. The highest BCUT2D eigenvalue weighted by molar-refractivity contribution is 7.07. The van der Waals surface area contributed by atoms with E-state index in [4.69, 9.17) is 16.3 Å². The lowest BCUT2D eigenvalue weighted by atomic mass is 10.0. The van der Waals surface area contributed by atoms with Gasteiger partial charge in [-0.25, -0.2) is 4.79 Å². The first-order chi connectivity index (χ1) is 15.7. The number of ether oxygens (including phenoxy) is 1. The number of benzene rings is 1. The van der Waals surface area contributed by atoms with Gasteiger partial charge in [0.2, 0.25) is 5.91 Å². The number of aromatic nitrogens is 1. The molecule has 33 heavy (non-hydrogen) atoms. The first-order valence-corrected chi connectivity index (χ1v) is 11.7. The van der Waals surface area contributed by atoms with Crippen molar-refractivity contribution >= 4 is 52.7 Å². The molecule has 9 nitrogen and oxygen atoms in total. The average molecular weight is 494 g/mol. The number of non-ortho nitro benzene ring substituents is 1. The number of nitrogens with zero attached hydrogens (tertiary/aromatic N) is 3. The topological polar surface area (TPSA) is 112 Å². The molecule has 2 heterocycles. The minimum Gasteiger partial charge on any atom is -0.463 e. The number of amides is 1. The van der Waals surface area contributed by atoms with Crippen molar-refractivity contribution in [3.05, 3.63) is 58.4 Å². The van der Waals surface area contributed by atoms with Gasteiger partial charge in [-0.3, -0.25) is 24.3 Å². The van der Waals surface area contributed by atoms with Gasteiger partial charge in [0, 0.05) is 35.8 Å². The van der Waals surface area contributed by atoms with Gasteiger partial charge in [-0.05, 0) is 37.8 Å². The Morgan fingerprint density at radius 2 is 2.15 bits per heavy atom. The largest absolute Gasteiger partial charge is 0.463 e. The normalized spacial score (nSPS) is 17.3. The molecule has 2 aromatic rings. The smallest absolute Gasteiger partial charge is 0.333 e. The highest BCUT2D eigenvalue weighted by atomic mass is 35.5.